The van der Waals surface area contributed by atoms with E-state index in [9.17, 15) is 4.79 Å². The van der Waals surface area contributed by atoms with Crippen LogP contribution in [0.5, 0.6) is 11.5 Å². The summed E-state index contributed by atoms with van der Waals surface area (Å²) < 4.78 is 10.5. The first-order valence-corrected chi connectivity index (χ1v) is 7.77. The van der Waals surface area contributed by atoms with E-state index in [1.165, 1.54) is 0 Å². The van der Waals surface area contributed by atoms with Crippen molar-refractivity contribution in [3.63, 3.8) is 0 Å². The summed E-state index contributed by atoms with van der Waals surface area (Å²) in [5.41, 5.74) is 1.57. The number of amides is 1. The van der Waals surface area contributed by atoms with Crippen molar-refractivity contribution in [1.82, 2.24) is 10.2 Å². The summed E-state index contributed by atoms with van der Waals surface area (Å²) in [5.74, 6) is 1.01. The van der Waals surface area contributed by atoms with Gasteiger partial charge in [0.1, 0.15) is 11.5 Å². The minimum atomic E-state index is -0.164. The summed E-state index contributed by atoms with van der Waals surface area (Å²) in [7, 11) is 7.10. The second kappa shape index (κ2) is 8.36. The Morgan fingerprint density at radius 3 is 2.12 bits per heavy atom. The maximum absolute atomic E-state index is 12.7. The summed E-state index contributed by atoms with van der Waals surface area (Å²) in [6.45, 7) is 0.705. The van der Waals surface area contributed by atoms with Gasteiger partial charge in [-0.25, -0.2) is 0 Å². The van der Waals surface area contributed by atoms with E-state index in [1.807, 2.05) is 49.3 Å². The number of nitrogens with zero attached hydrogens (tertiary/aromatic N) is 1. The molecule has 1 atom stereocenters. The highest BCUT2D eigenvalue weighted by Gasteiger charge is 2.17. The number of hydrogen-bond donors (Lipinski definition) is 1. The number of rotatable bonds is 7. The molecule has 5 heteroatoms. The van der Waals surface area contributed by atoms with Gasteiger partial charge in [-0.05, 0) is 31.8 Å². The highest BCUT2D eigenvalue weighted by Crippen LogP contribution is 2.23. The molecule has 0 aliphatic rings. The van der Waals surface area contributed by atoms with Crippen LogP contribution in [0.4, 0.5) is 0 Å². The van der Waals surface area contributed by atoms with Gasteiger partial charge in [-0.1, -0.05) is 30.3 Å². The van der Waals surface area contributed by atoms with Crippen LogP contribution in [0, 0.1) is 0 Å². The zero-order chi connectivity index (χ0) is 17.5. The van der Waals surface area contributed by atoms with Gasteiger partial charge in [-0.3, -0.25) is 4.79 Å². The van der Waals surface area contributed by atoms with Gasteiger partial charge < -0.3 is 19.7 Å². The van der Waals surface area contributed by atoms with Crippen molar-refractivity contribution < 1.29 is 14.3 Å². The Morgan fingerprint density at radius 2 is 1.62 bits per heavy atom. The van der Waals surface area contributed by atoms with Crippen molar-refractivity contribution in [3.05, 3.63) is 59.7 Å². The van der Waals surface area contributed by atoms with Gasteiger partial charge in [0, 0.05) is 18.2 Å². The molecule has 1 N–H and O–H groups in total. The zero-order valence-corrected chi connectivity index (χ0v) is 14.6. The van der Waals surface area contributed by atoms with Crippen LogP contribution in [-0.2, 0) is 0 Å². The lowest BCUT2D eigenvalue weighted by Crippen LogP contribution is -2.35. The monoisotopic (exact) mass is 328 g/mol. The zero-order valence-electron chi connectivity index (χ0n) is 14.6. The fourth-order valence-corrected chi connectivity index (χ4v) is 2.46. The average molecular weight is 328 g/mol. The lowest BCUT2D eigenvalue weighted by atomic mass is 10.1. The standard InChI is InChI=1S/C19H24N2O3/c1-21(2)13-18(14-8-6-5-7-9-14)20-19(22)15-10-16(23-3)12-17(11-15)24-4/h5-12,18H,13H2,1-4H3,(H,20,22)/t18-/m1/s1. The summed E-state index contributed by atoms with van der Waals surface area (Å²) in [5, 5.41) is 3.09. The maximum atomic E-state index is 12.7. The molecule has 0 fully saturated rings. The molecule has 0 aromatic heterocycles. The third kappa shape index (κ3) is 4.73. The third-order valence-electron chi connectivity index (χ3n) is 3.67. The van der Waals surface area contributed by atoms with E-state index in [0.29, 0.717) is 23.6 Å². The van der Waals surface area contributed by atoms with Gasteiger partial charge >= 0.3 is 0 Å². The Balaban J connectivity index is 2.24. The molecule has 0 radical (unpaired) electrons. The Labute approximate surface area is 143 Å². The minimum absolute atomic E-state index is 0.106. The predicted octanol–water partition coefficient (Wildman–Crippen LogP) is 2.74. The van der Waals surface area contributed by atoms with Crippen LogP contribution in [0.15, 0.2) is 48.5 Å². The van der Waals surface area contributed by atoms with Gasteiger partial charge in [-0.15, -0.1) is 0 Å². The fraction of sp³-hybridized carbons (Fsp3) is 0.316. The van der Waals surface area contributed by atoms with E-state index in [2.05, 4.69) is 5.32 Å². The molecule has 0 bridgehead atoms. The van der Waals surface area contributed by atoms with E-state index in [0.717, 1.165) is 5.56 Å². The number of benzene rings is 2. The van der Waals surface area contributed by atoms with Gasteiger partial charge in [0.05, 0.1) is 20.3 Å². The van der Waals surface area contributed by atoms with Gasteiger partial charge in [0.2, 0.25) is 0 Å². The molecule has 0 saturated heterocycles. The van der Waals surface area contributed by atoms with Crippen LogP contribution in [0.3, 0.4) is 0 Å². The molecule has 0 heterocycles. The number of hydrogen-bond acceptors (Lipinski definition) is 4. The number of methoxy groups -OCH3 is 2. The van der Waals surface area contributed by atoms with Crippen molar-refractivity contribution in [2.75, 3.05) is 34.9 Å². The number of likely N-dealkylation sites (N-methyl/N-ethyl adjacent to an activating group) is 1. The van der Waals surface area contributed by atoms with E-state index in [4.69, 9.17) is 9.47 Å². The van der Waals surface area contributed by atoms with Crippen LogP contribution in [-0.4, -0.2) is 45.7 Å². The van der Waals surface area contributed by atoms with Crippen molar-refractivity contribution in [1.29, 1.82) is 0 Å². The minimum Gasteiger partial charge on any atom is -0.497 e. The van der Waals surface area contributed by atoms with E-state index >= 15 is 0 Å². The second-order valence-electron chi connectivity index (χ2n) is 5.80. The molecule has 0 spiro atoms. The first kappa shape index (κ1) is 17.8. The van der Waals surface area contributed by atoms with E-state index < -0.39 is 0 Å². The highest BCUT2D eigenvalue weighted by molar-refractivity contribution is 5.95. The molecule has 1 amide bonds. The summed E-state index contributed by atoms with van der Waals surface area (Å²) >= 11 is 0. The molecule has 128 valence electrons. The van der Waals surface area contributed by atoms with Gasteiger partial charge in [-0.2, -0.15) is 0 Å². The molecule has 5 nitrogen and oxygen atoms in total. The first-order chi connectivity index (χ1) is 11.5. The highest BCUT2D eigenvalue weighted by atomic mass is 16.5. The first-order valence-electron chi connectivity index (χ1n) is 7.77. The smallest absolute Gasteiger partial charge is 0.252 e. The van der Waals surface area contributed by atoms with Crippen molar-refractivity contribution >= 4 is 5.91 Å². The van der Waals surface area contributed by atoms with Crippen molar-refractivity contribution in [2.24, 2.45) is 0 Å². The average Bonchev–Trinajstić information content (AvgIpc) is 2.60. The number of nitrogens with one attached hydrogen (secondary N) is 1. The molecule has 2 aromatic rings. The lowest BCUT2D eigenvalue weighted by Gasteiger charge is -2.23. The SMILES string of the molecule is COc1cc(OC)cc(C(=O)N[C@H](CN(C)C)c2ccccc2)c1. The van der Waals surface area contributed by atoms with Crippen molar-refractivity contribution in [3.8, 4) is 11.5 Å². The molecule has 24 heavy (non-hydrogen) atoms. The quantitative estimate of drug-likeness (QED) is 0.849. The van der Waals surface area contributed by atoms with Crippen LogP contribution in [0.25, 0.3) is 0 Å². The van der Waals surface area contributed by atoms with Crippen LogP contribution >= 0.6 is 0 Å². The molecule has 2 rings (SSSR count). The third-order valence-corrected chi connectivity index (χ3v) is 3.67. The summed E-state index contributed by atoms with van der Waals surface area (Å²) in [6, 6.07) is 15.0. The number of carbonyl (C=O) groups excluding carboxylic acids is 1. The Morgan fingerprint density at radius 1 is 1.04 bits per heavy atom. The Kier molecular flexibility index (Phi) is 6.21. The molecule has 0 aliphatic carbocycles. The molecule has 0 aliphatic heterocycles. The molecular formula is C19H24N2O3. The normalized spacial score (nSPS) is 11.9. The Hall–Kier alpha value is -2.53. The van der Waals surface area contributed by atoms with Crippen molar-refractivity contribution in [2.45, 2.75) is 6.04 Å². The lowest BCUT2D eigenvalue weighted by molar-refractivity contribution is 0.0929. The van der Waals surface area contributed by atoms with Crippen LogP contribution in [0.2, 0.25) is 0 Å². The molecular weight excluding hydrogens is 304 g/mol. The summed E-state index contributed by atoms with van der Waals surface area (Å²) in [4.78, 5) is 14.8. The van der Waals surface area contributed by atoms with Crippen LogP contribution in [0.1, 0.15) is 22.0 Å². The maximum Gasteiger partial charge on any atom is 0.252 e. The summed E-state index contributed by atoms with van der Waals surface area (Å²) in [6.07, 6.45) is 0. The predicted molar refractivity (Wildman–Crippen MR) is 94.7 cm³/mol. The fourth-order valence-electron chi connectivity index (χ4n) is 2.46. The van der Waals surface area contributed by atoms with E-state index in [1.54, 1.807) is 32.4 Å². The second-order valence-corrected chi connectivity index (χ2v) is 5.80. The molecule has 2 aromatic carbocycles. The van der Waals surface area contributed by atoms with Gasteiger partial charge in [0.25, 0.3) is 5.91 Å². The number of carbonyl (C=O) groups is 1. The van der Waals surface area contributed by atoms with Crippen LogP contribution < -0.4 is 14.8 Å². The molecule has 0 unspecified atom stereocenters. The topological polar surface area (TPSA) is 50.8 Å². The number of ether oxygens (including phenoxy) is 2. The Bertz CT molecular complexity index is 649. The molecule has 0 saturated carbocycles. The van der Waals surface area contributed by atoms with Gasteiger partial charge in [0.15, 0.2) is 0 Å². The largest absolute Gasteiger partial charge is 0.497 e. The van der Waals surface area contributed by atoms with E-state index in [-0.39, 0.29) is 11.9 Å².